The summed E-state index contributed by atoms with van der Waals surface area (Å²) in [6.45, 7) is 0. The third-order valence-electron chi connectivity index (χ3n) is 4.21. The Hall–Kier alpha value is -2.41. The number of amides is 1. The summed E-state index contributed by atoms with van der Waals surface area (Å²) in [6, 6.07) is 6.18. The highest BCUT2D eigenvalue weighted by Gasteiger charge is 2.28. The molecule has 26 heavy (non-hydrogen) atoms. The van der Waals surface area contributed by atoms with Crippen molar-refractivity contribution in [3.8, 4) is 0 Å². The number of aryl methyl sites for hydroxylation is 1. The van der Waals surface area contributed by atoms with Gasteiger partial charge in [-0.05, 0) is 37.0 Å². The molecule has 2 N–H and O–H groups in total. The number of carbonyl (C=O) groups excluding carboxylic acids is 1. The van der Waals surface area contributed by atoms with Crippen LogP contribution in [0.1, 0.15) is 61.3 Å². The average molecular weight is 378 g/mol. The van der Waals surface area contributed by atoms with Gasteiger partial charge in [0.2, 0.25) is 11.8 Å². The third-order valence-corrected chi connectivity index (χ3v) is 4.46. The number of hydrogen-bond donors (Lipinski definition) is 2. The van der Waals surface area contributed by atoms with E-state index in [9.17, 15) is 9.59 Å². The Bertz CT molecular complexity index is 771. The van der Waals surface area contributed by atoms with Crippen LogP contribution in [0.4, 0.5) is 0 Å². The van der Waals surface area contributed by atoms with Gasteiger partial charge in [0, 0.05) is 23.8 Å². The van der Waals surface area contributed by atoms with Gasteiger partial charge in [-0.3, -0.25) is 9.59 Å². The summed E-state index contributed by atoms with van der Waals surface area (Å²) >= 11 is 5.86. The second-order valence-electron chi connectivity index (χ2n) is 6.44. The predicted molar refractivity (Wildman–Crippen MR) is 93.8 cm³/mol. The van der Waals surface area contributed by atoms with Gasteiger partial charge in [0.15, 0.2) is 5.82 Å². The summed E-state index contributed by atoms with van der Waals surface area (Å²) in [5.41, 5.74) is 0.705. The molecular weight excluding hydrogens is 358 g/mol. The molecule has 0 unspecified atom stereocenters. The highest BCUT2D eigenvalue weighted by molar-refractivity contribution is 6.30. The van der Waals surface area contributed by atoms with E-state index in [2.05, 4.69) is 15.5 Å². The van der Waals surface area contributed by atoms with Crippen molar-refractivity contribution in [1.82, 2.24) is 15.5 Å². The molecular formula is C18H20ClN3O4. The summed E-state index contributed by atoms with van der Waals surface area (Å²) in [5, 5.41) is 16.4. The fourth-order valence-corrected chi connectivity index (χ4v) is 2.79. The van der Waals surface area contributed by atoms with E-state index in [1.54, 1.807) is 24.3 Å². The normalized spacial score (nSPS) is 14.8. The molecule has 0 spiro atoms. The molecule has 2 aromatic rings. The van der Waals surface area contributed by atoms with E-state index in [0.29, 0.717) is 35.2 Å². The Morgan fingerprint density at radius 1 is 1.31 bits per heavy atom. The minimum Gasteiger partial charge on any atom is -0.481 e. The van der Waals surface area contributed by atoms with E-state index in [4.69, 9.17) is 21.2 Å². The summed E-state index contributed by atoms with van der Waals surface area (Å²) in [6.07, 6.45) is 3.36. The van der Waals surface area contributed by atoms with Crippen molar-refractivity contribution in [3.05, 3.63) is 46.6 Å². The van der Waals surface area contributed by atoms with Crippen LogP contribution in [0.3, 0.4) is 0 Å². The number of carboxylic acid groups (broad SMARTS) is 1. The Kier molecular flexibility index (Phi) is 5.88. The number of aliphatic carboxylic acids is 1. The van der Waals surface area contributed by atoms with E-state index in [1.807, 2.05) is 0 Å². The lowest BCUT2D eigenvalue weighted by molar-refractivity contribution is -0.137. The van der Waals surface area contributed by atoms with Crippen LogP contribution >= 0.6 is 11.6 Å². The van der Waals surface area contributed by atoms with Crippen molar-refractivity contribution >= 4 is 23.5 Å². The molecule has 7 nitrogen and oxygen atoms in total. The number of benzene rings is 1. The lowest BCUT2D eigenvalue weighted by atomic mass is 10.0. The molecule has 0 saturated heterocycles. The van der Waals surface area contributed by atoms with Gasteiger partial charge in [-0.15, -0.1) is 0 Å². The highest BCUT2D eigenvalue weighted by Crippen LogP contribution is 2.38. The van der Waals surface area contributed by atoms with Gasteiger partial charge < -0.3 is 14.9 Å². The Labute approximate surface area is 155 Å². The van der Waals surface area contributed by atoms with E-state index in [0.717, 1.165) is 18.7 Å². The summed E-state index contributed by atoms with van der Waals surface area (Å²) in [7, 11) is 0. The van der Waals surface area contributed by atoms with Crippen LogP contribution in [0.2, 0.25) is 5.02 Å². The van der Waals surface area contributed by atoms with Crippen molar-refractivity contribution < 1.29 is 19.2 Å². The first-order valence-corrected chi connectivity index (χ1v) is 8.98. The molecule has 1 amide bonds. The number of nitrogens with one attached hydrogen (secondary N) is 1. The quantitative estimate of drug-likeness (QED) is 0.694. The number of halogens is 1. The lowest BCUT2D eigenvalue weighted by Gasteiger charge is -2.17. The number of aromatic nitrogens is 2. The molecule has 1 aromatic carbocycles. The Balaban J connectivity index is 1.49. The Morgan fingerprint density at radius 2 is 2.04 bits per heavy atom. The molecule has 0 bridgehead atoms. The highest BCUT2D eigenvalue weighted by atomic mass is 35.5. The molecule has 1 atom stereocenters. The number of nitrogens with zero attached hydrogens (tertiary/aromatic N) is 2. The second-order valence-corrected chi connectivity index (χ2v) is 6.88. The molecule has 0 radical (unpaired) electrons. The van der Waals surface area contributed by atoms with Crippen LogP contribution in [-0.4, -0.2) is 27.1 Å². The second kappa shape index (κ2) is 8.31. The molecule has 1 aliphatic carbocycles. The van der Waals surface area contributed by atoms with Crippen LogP contribution in [-0.2, 0) is 16.0 Å². The van der Waals surface area contributed by atoms with Gasteiger partial charge in [0.25, 0.3) is 0 Å². The standard InChI is InChI=1S/C18H20ClN3O4/c19-13-8-6-11(7-9-13)14(10-17(24)25)20-15(23)2-1-3-16-21-18(22-26-16)12-4-5-12/h6-9,12,14H,1-5,10H2,(H,20,23)(H,24,25)/t14-/m0/s1. The largest absolute Gasteiger partial charge is 0.481 e. The van der Waals surface area contributed by atoms with Crippen LogP contribution < -0.4 is 5.32 Å². The first-order valence-electron chi connectivity index (χ1n) is 8.60. The zero-order chi connectivity index (χ0) is 18.5. The van der Waals surface area contributed by atoms with Crippen LogP contribution in [0.5, 0.6) is 0 Å². The van der Waals surface area contributed by atoms with Gasteiger partial charge in [0.05, 0.1) is 12.5 Å². The van der Waals surface area contributed by atoms with Crippen molar-refractivity contribution in [2.24, 2.45) is 0 Å². The van der Waals surface area contributed by atoms with Gasteiger partial charge in [-0.25, -0.2) is 0 Å². The fraction of sp³-hybridized carbons (Fsp3) is 0.444. The average Bonchev–Trinajstić information content (AvgIpc) is 3.34. The van der Waals surface area contributed by atoms with E-state index < -0.39 is 12.0 Å². The number of carbonyl (C=O) groups is 2. The van der Waals surface area contributed by atoms with Gasteiger partial charge in [0.1, 0.15) is 0 Å². The fourth-order valence-electron chi connectivity index (χ4n) is 2.67. The van der Waals surface area contributed by atoms with Gasteiger partial charge in [-0.2, -0.15) is 4.98 Å². The molecule has 1 aromatic heterocycles. The molecule has 1 saturated carbocycles. The maximum atomic E-state index is 12.2. The van der Waals surface area contributed by atoms with Crippen molar-refractivity contribution in [1.29, 1.82) is 0 Å². The number of rotatable bonds is 9. The zero-order valence-electron chi connectivity index (χ0n) is 14.2. The van der Waals surface area contributed by atoms with Crippen molar-refractivity contribution in [3.63, 3.8) is 0 Å². The first kappa shape index (κ1) is 18.4. The van der Waals surface area contributed by atoms with Crippen LogP contribution in [0, 0.1) is 0 Å². The lowest BCUT2D eigenvalue weighted by Crippen LogP contribution is -2.30. The minimum absolute atomic E-state index is 0.193. The maximum absolute atomic E-state index is 12.2. The Morgan fingerprint density at radius 3 is 2.69 bits per heavy atom. The molecule has 1 aliphatic rings. The molecule has 0 aliphatic heterocycles. The van der Waals surface area contributed by atoms with Crippen LogP contribution in [0.15, 0.2) is 28.8 Å². The predicted octanol–water partition coefficient (Wildman–Crippen LogP) is 3.26. The summed E-state index contributed by atoms with van der Waals surface area (Å²) < 4.78 is 5.18. The molecule has 8 heteroatoms. The summed E-state index contributed by atoms with van der Waals surface area (Å²) in [4.78, 5) is 27.6. The zero-order valence-corrected chi connectivity index (χ0v) is 14.9. The van der Waals surface area contributed by atoms with Crippen molar-refractivity contribution in [2.75, 3.05) is 0 Å². The third kappa shape index (κ3) is 5.29. The van der Waals surface area contributed by atoms with Gasteiger partial charge in [-0.1, -0.05) is 28.9 Å². The van der Waals surface area contributed by atoms with Gasteiger partial charge >= 0.3 is 5.97 Å². The van der Waals surface area contributed by atoms with E-state index in [1.165, 1.54) is 0 Å². The SMILES string of the molecule is O=C(O)C[C@H](NC(=O)CCCc1nc(C2CC2)no1)c1ccc(Cl)cc1. The number of hydrogen-bond acceptors (Lipinski definition) is 5. The minimum atomic E-state index is -0.983. The molecule has 3 rings (SSSR count). The van der Waals surface area contributed by atoms with Crippen molar-refractivity contribution in [2.45, 2.75) is 50.5 Å². The monoisotopic (exact) mass is 377 g/mol. The molecule has 1 heterocycles. The smallest absolute Gasteiger partial charge is 0.305 e. The molecule has 1 fully saturated rings. The van der Waals surface area contributed by atoms with E-state index in [-0.39, 0.29) is 18.7 Å². The molecule has 138 valence electrons. The van der Waals surface area contributed by atoms with Crippen LogP contribution in [0.25, 0.3) is 0 Å². The maximum Gasteiger partial charge on any atom is 0.305 e. The topological polar surface area (TPSA) is 105 Å². The van der Waals surface area contributed by atoms with E-state index >= 15 is 0 Å². The number of carboxylic acids is 1. The first-order chi connectivity index (χ1) is 12.5. The summed E-state index contributed by atoms with van der Waals surface area (Å²) in [5.74, 6) is 0.539.